The lowest BCUT2D eigenvalue weighted by Crippen LogP contribution is -2.53. The predicted molar refractivity (Wildman–Crippen MR) is 163 cm³/mol. The molecule has 3 aromatic carbocycles. The lowest BCUT2D eigenvalue weighted by Gasteiger charge is -2.33. The van der Waals surface area contributed by atoms with Gasteiger partial charge in [0, 0.05) is 12.6 Å². The number of rotatable bonds is 11. The van der Waals surface area contributed by atoms with E-state index < -0.39 is 28.5 Å². The van der Waals surface area contributed by atoms with Crippen molar-refractivity contribution in [1.29, 1.82) is 0 Å². The number of para-hydroxylation sites is 1. The first-order chi connectivity index (χ1) is 19.7. The van der Waals surface area contributed by atoms with Crippen molar-refractivity contribution in [1.82, 2.24) is 10.2 Å². The molecule has 1 N–H and O–H groups in total. The topological polar surface area (TPSA) is 86.8 Å². The molecule has 8 heteroatoms. The normalized spacial score (nSPS) is 14.7. The van der Waals surface area contributed by atoms with Gasteiger partial charge < -0.3 is 10.2 Å². The van der Waals surface area contributed by atoms with Crippen LogP contribution in [0.4, 0.5) is 5.69 Å². The third-order valence-electron chi connectivity index (χ3n) is 7.88. The summed E-state index contributed by atoms with van der Waals surface area (Å²) >= 11 is 0. The van der Waals surface area contributed by atoms with Crippen LogP contribution in [0.25, 0.3) is 0 Å². The zero-order chi connectivity index (χ0) is 29.4. The van der Waals surface area contributed by atoms with Gasteiger partial charge >= 0.3 is 0 Å². The van der Waals surface area contributed by atoms with Crippen LogP contribution >= 0.6 is 0 Å². The highest BCUT2D eigenvalue weighted by molar-refractivity contribution is 7.92. The minimum atomic E-state index is -4.07. The van der Waals surface area contributed by atoms with Gasteiger partial charge in [0.25, 0.3) is 10.0 Å². The Morgan fingerprint density at radius 3 is 2.17 bits per heavy atom. The van der Waals surface area contributed by atoms with Gasteiger partial charge in [0.2, 0.25) is 11.8 Å². The lowest BCUT2D eigenvalue weighted by molar-refractivity contribution is -0.139. The molecule has 2 amide bonds. The maximum atomic E-state index is 14.1. The molecule has 1 atom stereocenters. The minimum Gasteiger partial charge on any atom is -0.352 e. The Labute approximate surface area is 244 Å². The zero-order valence-electron chi connectivity index (χ0n) is 24.3. The Morgan fingerprint density at radius 2 is 1.51 bits per heavy atom. The smallest absolute Gasteiger partial charge is 0.264 e. The molecular weight excluding hydrogens is 534 g/mol. The molecule has 1 saturated carbocycles. The van der Waals surface area contributed by atoms with Gasteiger partial charge in [-0.2, -0.15) is 0 Å². The van der Waals surface area contributed by atoms with E-state index >= 15 is 0 Å². The molecular formula is C33H41N3O4S. The number of sulfonamides is 1. The van der Waals surface area contributed by atoms with Gasteiger partial charge in [0.15, 0.2) is 0 Å². The van der Waals surface area contributed by atoms with E-state index in [4.69, 9.17) is 0 Å². The first kappa shape index (κ1) is 30.3. The molecule has 0 bridgehead atoms. The van der Waals surface area contributed by atoms with E-state index in [0.717, 1.165) is 42.4 Å². The van der Waals surface area contributed by atoms with Crippen LogP contribution in [0.2, 0.25) is 0 Å². The summed E-state index contributed by atoms with van der Waals surface area (Å²) in [6.45, 7) is 5.31. The molecule has 1 unspecified atom stereocenters. The summed E-state index contributed by atoms with van der Waals surface area (Å²) in [6, 6.07) is 22.9. The van der Waals surface area contributed by atoms with Crippen molar-refractivity contribution in [3.05, 3.63) is 95.6 Å². The molecule has 1 aliphatic carbocycles. The molecule has 4 rings (SSSR count). The van der Waals surface area contributed by atoms with E-state index in [9.17, 15) is 18.0 Å². The van der Waals surface area contributed by atoms with Crippen molar-refractivity contribution in [2.75, 3.05) is 17.4 Å². The summed E-state index contributed by atoms with van der Waals surface area (Å²) in [5.41, 5.74) is 3.14. The fraction of sp³-hybridized carbons (Fsp3) is 0.394. The summed E-state index contributed by atoms with van der Waals surface area (Å²) in [4.78, 5) is 29.1. The molecule has 41 heavy (non-hydrogen) atoms. The monoisotopic (exact) mass is 575 g/mol. The van der Waals surface area contributed by atoms with Gasteiger partial charge in [-0.3, -0.25) is 13.9 Å². The third kappa shape index (κ3) is 7.76. The van der Waals surface area contributed by atoms with Crippen LogP contribution in [-0.2, 0) is 26.0 Å². The van der Waals surface area contributed by atoms with Crippen molar-refractivity contribution in [2.45, 2.75) is 76.3 Å². The van der Waals surface area contributed by atoms with Crippen molar-refractivity contribution >= 4 is 27.5 Å². The number of carbonyl (C=O) groups excluding carboxylic acids is 2. The van der Waals surface area contributed by atoms with E-state index in [1.807, 2.05) is 56.3 Å². The maximum absolute atomic E-state index is 14.1. The summed E-state index contributed by atoms with van der Waals surface area (Å²) < 4.78 is 29.1. The van der Waals surface area contributed by atoms with E-state index in [1.165, 1.54) is 15.6 Å². The molecule has 0 heterocycles. The standard InChI is InChI=1S/C33H41N3O4S/c1-25-18-20-30(21-19-25)41(39,40)36(31-17-11-10-12-26(31)2)24-32(37)35(23-22-28-13-6-4-7-14-28)27(3)33(38)34-29-15-8-5-9-16-29/h4,6-7,10-14,17-21,27,29H,5,8-9,15-16,22-24H2,1-3H3,(H,34,38). The second-order valence-electron chi connectivity index (χ2n) is 11.0. The number of hydrogen-bond donors (Lipinski definition) is 1. The van der Waals surface area contributed by atoms with Gasteiger partial charge in [-0.25, -0.2) is 8.42 Å². The highest BCUT2D eigenvalue weighted by Gasteiger charge is 2.33. The molecule has 1 aliphatic rings. The Hall–Kier alpha value is -3.65. The molecule has 0 saturated heterocycles. The number of carbonyl (C=O) groups is 2. The van der Waals surface area contributed by atoms with Crippen LogP contribution in [0, 0.1) is 13.8 Å². The van der Waals surface area contributed by atoms with Crippen LogP contribution in [0.3, 0.4) is 0 Å². The zero-order valence-corrected chi connectivity index (χ0v) is 25.1. The number of nitrogens with zero attached hydrogens (tertiary/aromatic N) is 2. The first-order valence-corrected chi connectivity index (χ1v) is 15.9. The van der Waals surface area contributed by atoms with Crippen molar-refractivity contribution in [3.63, 3.8) is 0 Å². The second-order valence-corrected chi connectivity index (χ2v) is 12.8. The van der Waals surface area contributed by atoms with E-state index in [1.54, 1.807) is 43.3 Å². The van der Waals surface area contributed by atoms with E-state index in [-0.39, 0.29) is 23.4 Å². The maximum Gasteiger partial charge on any atom is 0.264 e. The fourth-order valence-corrected chi connectivity index (χ4v) is 6.81. The molecule has 0 spiro atoms. The van der Waals surface area contributed by atoms with Gasteiger partial charge in [-0.05, 0) is 69.4 Å². The largest absolute Gasteiger partial charge is 0.352 e. The van der Waals surface area contributed by atoms with Crippen molar-refractivity contribution in [2.24, 2.45) is 0 Å². The van der Waals surface area contributed by atoms with Crippen molar-refractivity contribution < 1.29 is 18.0 Å². The Morgan fingerprint density at radius 1 is 0.878 bits per heavy atom. The molecule has 218 valence electrons. The Kier molecular flexibility index (Phi) is 10.2. The predicted octanol–water partition coefficient (Wildman–Crippen LogP) is 5.41. The van der Waals surface area contributed by atoms with Gasteiger partial charge in [-0.1, -0.05) is 85.5 Å². The Balaban J connectivity index is 1.64. The lowest BCUT2D eigenvalue weighted by atomic mass is 9.95. The first-order valence-electron chi connectivity index (χ1n) is 14.5. The van der Waals surface area contributed by atoms with Gasteiger partial charge in [-0.15, -0.1) is 0 Å². The third-order valence-corrected chi connectivity index (χ3v) is 9.65. The molecule has 1 fully saturated rings. The molecule has 3 aromatic rings. The van der Waals surface area contributed by atoms with E-state index in [2.05, 4.69) is 5.32 Å². The number of amides is 2. The number of aryl methyl sites for hydroxylation is 2. The Bertz CT molecular complexity index is 1420. The SMILES string of the molecule is Cc1ccc(S(=O)(=O)N(CC(=O)N(CCc2ccccc2)C(C)C(=O)NC2CCCCC2)c2ccccc2C)cc1. The molecule has 0 radical (unpaired) electrons. The number of benzene rings is 3. The number of nitrogens with one attached hydrogen (secondary N) is 1. The van der Waals surface area contributed by atoms with Gasteiger partial charge in [0.05, 0.1) is 10.6 Å². The van der Waals surface area contributed by atoms with Crippen molar-refractivity contribution in [3.8, 4) is 0 Å². The highest BCUT2D eigenvalue weighted by atomic mass is 32.2. The van der Waals surface area contributed by atoms with Crippen LogP contribution in [0.15, 0.2) is 83.8 Å². The summed E-state index contributed by atoms with van der Waals surface area (Å²) in [7, 11) is -4.07. The quantitative estimate of drug-likeness (QED) is 0.331. The van der Waals surface area contributed by atoms with Crippen LogP contribution in [-0.4, -0.2) is 50.3 Å². The van der Waals surface area contributed by atoms with Gasteiger partial charge in [0.1, 0.15) is 12.6 Å². The summed E-state index contributed by atoms with van der Waals surface area (Å²) in [5.74, 6) is -0.631. The summed E-state index contributed by atoms with van der Waals surface area (Å²) in [5, 5.41) is 3.14. The molecule has 0 aliphatic heterocycles. The van der Waals surface area contributed by atoms with Crippen LogP contribution in [0.5, 0.6) is 0 Å². The van der Waals surface area contributed by atoms with Crippen LogP contribution in [0.1, 0.15) is 55.7 Å². The fourth-order valence-electron chi connectivity index (χ4n) is 5.33. The van der Waals surface area contributed by atoms with Crippen LogP contribution < -0.4 is 9.62 Å². The average molecular weight is 576 g/mol. The number of anilines is 1. The number of hydrogen-bond acceptors (Lipinski definition) is 4. The second kappa shape index (κ2) is 13.8. The summed E-state index contributed by atoms with van der Waals surface area (Å²) in [6.07, 6.45) is 5.76. The minimum absolute atomic E-state index is 0.107. The molecule has 0 aromatic heterocycles. The van der Waals surface area contributed by atoms with E-state index in [0.29, 0.717) is 12.1 Å². The molecule has 7 nitrogen and oxygen atoms in total. The highest BCUT2D eigenvalue weighted by Crippen LogP contribution is 2.27. The average Bonchev–Trinajstić information content (AvgIpc) is 2.97.